The van der Waals surface area contributed by atoms with Crippen LogP contribution < -0.4 is 10.8 Å². The molecule has 1 aliphatic carbocycles. The average Bonchev–Trinajstić information content (AvgIpc) is 2.68. The summed E-state index contributed by atoms with van der Waals surface area (Å²) in [5.41, 5.74) is 8.81. The molecule has 0 unspecified atom stereocenters. The number of hydrogen-bond acceptors (Lipinski definition) is 3. The predicted octanol–water partition coefficient (Wildman–Crippen LogP) is 5.50. The number of aryl methyl sites for hydroxylation is 2. The van der Waals surface area contributed by atoms with Crippen LogP contribution in [0.5, 0.6) is 0 Å². The van der Waals surface area contributed by atoms with Crippen LogP contribution in [-0.4, -0.2) is 19.6 Å². The van der Waals surface area contributed by atoms with E-state index in [9.17, 15) is 4.79 Å². The largest absolute Gasteiger partial charge is 0.352 e. The number of anilines is 1. The monoisotopic (exact) mass is 380 g/mol. The second kappa shape index (κ2) is 9.24. The lowest BCUT2D eigenvalue weighted by Gasteiger charge is -2.26. The smallest absolute Gasteiger partial charge is 0.251 e. The lowest BCUT2D eigenvalue weighted by atomic mass is 9.83. The Bertz CT molecular complexity index is 823. The Labute approximate surface area is 168 Å². The van der Waals surface area contributed by atoms with Crippen LogP contribution in [-0.2, 0) is 4.84 Å². The van der Waals surface area contributed by atoms with E-state index in [1.807, 2.05) is 24.3 Å². The Balaban J connectivity index is 1.81. The third-order valence-corrected chi connectivity index (χ3v) is 5.92. The minimum absolute atomic E-state index is 0.0239. The van der Waals surface area contributed by atoms with Crippen molar-refractivity contribution in [1.82, 2.24) is 5.32 Å². The van der Waals surface area contributed by atoms with Gasteiger partial charge in [-0.2, -0.15) is 0 Å². The first-order chi connectivity index (χ1) is 13.5. The van der Waals surface area contributed by atoms with Crippen molar-refractivity contribution < 1.29 is 9.63 Å². The van der Waals surface area contributed by atoms with Crippen LogP contribution in [0.4, 0.5) is 5.69 Å². The molecule has 0 aromatic heterocycles. The Kier molecular flexibility index (Phi) is 6.74. The van der Waals surface area contributed by atoms with Crippen molar-refractivity contribution >= 4 is 11.6 Å². The summed E-state index contributed by atoms with van der Waals surface area (Å²) < 4.78 is 0. The van der Waals surface area contributed by atoms with E-state index in [2.05, 4.69) is 43.7 Å². The number of amides is 1. The fourth-order valence-corrected chi connectivity index (χ4v) is 4.21. The van der Waals surface area contributed by atoms with Gasteiger partial charge in [0.05, 0.1) is 12.8 Å². The highest BCUT2D eigenvalue weighted by Crippen LogP contribution is 2.32. The Morgan fingerprint density at radius 1 is 1.07 bits per heavy atom. The highest BCUT2D eigenvalue weighted by Gasteiger charge is 2.21. The molecule has 0 heterocycles. The molecule has 150 valence electrons. The van der Waals surface area contributed by atoms with Crippen LogP contribution >= 0.6 is 0 Å². The molecule has 1 saturated carbocycles. The van der Waals surface area contributed by atoms with Gasteiger partial charge < -0.3 is 5.32 Å². The van der Waals surface area contributed by atoms with Gasteiger partial charge in [-0.1, -0.05) is 38.0 Å². The summed E-state index contributed by atoms with van der Waals surface area (Å²) in [7, 11) is 1.60. The minimum Gasteiger partial charge on any atom is -0.352 e. The third-order valence-electron chi connectivity index (χ3n) is 5.92. The van der Waals surface area contributed by atoms with Gasteiger partial charge in [0, 0.05) is 12.1 Å². The van der Waals surface area contributed by atoms with E-state index in [0.717, 1.165) is 46.0 Å². The first kappa shape index (κ1) is 20.4. The normalized spacial score (nSPS) is 19.3. The van der Waals surface area contributed by atoms with E-state index in [-0.39, 0.29) is 5.91 Å². The number of nitrogens with one attached hydrogen (secondary N) is 2. The van der Waals surface area contributed by atoms with Gasteiger partial charge in [-0.15, -0.1) is 0 Å². The fourth-order valence-electron chi connectivity index (χ4n) is 4.21. The van der Waals surface area contributed by atoms with Crippen molar-refractivity contribution in [2.75, 3.05) is 19.1 Å². The van der Waals surface area contributed by atoms with E-state index >= 15 is 0 Å². The van der Waals surface area contributed by atoms with Gasteiger partial charge in [0.25, 0.3) is 5.91 Å². The second-order valence-electron chi connectivity index (χ2n) is 8.17. The zero-order valence-electron chi connectivity index (χ0n) is 17.5. The Morgan fingerprint density at radius 2 is 1.82 bits per heavy atom. The highest BCUT2D eigenvalue weighted by atomic mass is 16.6. The topological polar surface area (TPSA) is 50.4 Å². The molecule has 3 rings (SSSR count). The molecule has 0 saturated heterocycles. The number of hydrogen-bond donors (Lipinski definition) is 2. The van der Waals surface area contributed by atoms with Crippen LogP contribution in [0.15, 0.2) is 36.4 Å². The Hall–Kier alpha value is -2.33. The molecule has 0 spiro atoms. The molecule has 4 nitrogen and oxygen atoms in total. The number of rotatable bonds is 6. The standard InChI is InChI=1S/C24H32N2O2/c1-16-8-10-19(11-9-16)15-25-24(27)22-7-5-6-17(2)23(22)21-13-12-20(26-28-4)14-18(21)3/h5-7,12-14,16,19,26H,8-11,15H2,1-4H3,(H,25,27). The van der Waals surface area contributed by atoms with E-state index in [0.29, 0.717) is 5.92 Å². The summed E-state index contributed by atoms with van der Waals surface area (Å²) in [5.74, 6) is 1.46. The maximum absolute atomic E-state index is 13.0. The molecule has 2 aromatic carbocycles. The van der Waals surface area contributed by atoms with Crippen molar-refractivity contribution in [1.29, 1.82) is 0 Å². The molecule has 1 aliphatic rings. The highest BCUT2D eigenvalue weighted by molar-refractivity contribution is 6.02. The minimum atomic E-state index is 0.0239. The molecular weight excluding hydrogens is 348 g/mol. The molecule has 1 amide bonds. The molecule has 2 N–H and O–H groups in total. The van der Waals surface area contributed by atoms with Crippen molar-refractivity contribution in [2.24, 2.45) is 11.8 Å². The fraction of sp³-hybridized carbons (Fsp3) is 0.458. The zero-order chi connectivity index (χ0) is 20.1. The van der Waals surface area contributed by atoms with Crippen molar-refractivity contribution in [3.8, 4) is 11.1 Å². The zero-order valence-corrected chi connectivity index (χ0v) is 17.5. The molecule has 4 heteroatoms. The van der Waals surface area contributed by atoms with E-state index in [1.54, 1.807) is 7.11 Å². The first-order valence-electron chi connectivity index (χ1n) is 10.3. The summed E-state index contributed by atoms with van der Waals surface area (Å²) in [5, 5.41) is 3.20. The Morgan fingerprint density at radius 3 is 2.50 bits per heavy atom. The van der Waals surface area contributed by atoms with Crippen molar-refractivity contribution in [2.45, 2.75) is 46.5 Å². The maximum atomic E-state index is 13.0. The summed E-state index contributed by atoms with van der Waals surface area (Å²) in [4.78, 5) is 18.0. The molecule has 2 aromatic rings. The van der Waals surface area contributed by atoms with Gasteiger partial charge in [0.2, 0.25) is 0 Å². The van der Waals surface area contributed by atoms with Crippen LogP contribution in [0, 0.1) is 25.7 Å². The molecule has 0 aliphatic heterocycles. The van der Waals surface area contributed by atoms with Crippen LogP contribution in [0.3, 0.4) is 0 Å². The van der Waals surface area contributed by atoms with Gasteiger partial charge in [0.15, 0.2) is 0 Å². The van der Waals surface area contributed by atoms with E-state index in [1.165, 1.54) is 25.7 Å². The average molecular weight is 381 g/mol. The van der Waals surface area contributed by atoms with E-state index in [4.69, 9.17) is 4.84 Å². The van der Waals surface area contributed by atoms with Gasteiger partial charge in [-0.05, 0) is 79.0 Å². The molecular formula is C24H32N2O2. The summed E-state index contributed by atoms with van der Waals surface area (Å²) in [6.45, 7) is 7.22. The lowest BCUT2D eigenvalue weighted by molar-refractivity contribution is 0.0942. The second-order valence-corrected chi connectivity index (χ2v) is 8.17. The van der Waals surface area contributed by atoms with E-state index < -0.39 is 0 Å². The van der Waals surface area contributed by atoms with Crippen LogP contribution in [0.2, 0.25) is 0 Å². The van der Waals surface area contributed by atoms with Gasteiger partial charge in [-0.25, -0.2) is 0 Å². The molecule has 0 atom stereocenters. The molecule has 0 bridgehead atoms. The van der Waals surface area contributed by atoms with Crippen LogP contribution in [0.1, 0.15) is 54.1 Å². The number of benzene rings is 2. The number of carbonyl (C=O) groups excluding carboxylic acids is 1. The summed E-state index contributed by atoms with van der Waals surface area (Å²) in [6.07, 6.45) is 4.99. The van der Waals surface area contributed by atoms with Gasteiger partial charge >= 0.3 is 0 Å². The molecule has 1 fully saturated rings. The van der Waals surface area contributed by atoms with Gasteiger partial charge in [-0.3, -0.25) is 15.1 Å². The first-order valence-corrected chi connectivity index (χ1v) is 10.3. The maximum Gasteiger partial charge on any atom is 0.251 e. The summed E-state index contributed by atoms with van der Waals surface area (Å²) in [6, 6.07) is 12.0. The lowest BCUT2D eigenvalue weighted by Crippen LogP contribution is -2.31. The molecule has 28 heavy (non-hydrogen) atoms. The van der Waals surface area contributed by atoms with Crippen molar-refractivity contribution in [3.63, 3.8) is 0 Å². The molecule has 0 radical (unpaired) electrons. The number of carbonyl (C=O) groups is 1. The van der Waals surface area contributed by atoms with Crippen molar-refractivity contribution in [3.05, 3.63) is 53.1 Å². The van der Waals surface area contributed by atoms with Crippen LogP contribution in [0.25, 0.3) is 11.1 Å². The SMILES string of the molecule is CONc1ccc(-c2c(C)cccc2C(=O)NCC2CCC(C)CC2)c(C)c1. The summed E-state index contributed by atoms with van der Waals surface area (Å²) >= 11 is 0. The third kappa shape index (κ3) is 4.74. The van der Waals surface area contributed by atoms with Gasteiger partial charge in [0.1, 0.15) is 0 Å². The quantitative estimate of drug-likeness (QED) is 0.651. The predicted molar refractivity (Wildman–Crippen MR) is 115 cm³/mol.